The van der Waals surface area contributed by atoms with Gasteiger partial charge in [-0.3, -0.25) is 9.69 Å². The molecule has 2 aliphatic heterocycles. The maximum Gasteiger partial charge on any atom is 0.239 e. The molecule has 0 saturated carbocycles. The summed E-state index contributed by atoms with van der Waals surface area (Å²) >= 11 is 0. The molecule has 0 bridgehead atoms. The Morgan fingerprint density at radius 3 is 2.59 bits per heavy atom. The van der Waals surface area contributed by atoms with Gasteiger partial charge in [0.15, 0.2) is 0 Å². The number of β-amino-alcohol motifs (C(OH)–C–C–N with tert-alkyl or cyclic N) is 1. The van der Waals surface area contributed by atoms with Gasteiger partial charge in [0, 0.05) is 32.7 Å². The number of nitrogens with one attached hydrogen (secondary N) is 1. The average Bonchev–Trinajstić information content (AvgIpc) is 3.10. The Morgan fingerprint density at radius 1 is 1.23 bits per heavy atom. The Balaban J connectivity index is 1.46. The van der Waals surface area contributed by atoms with Gasteiger partial charge in [0.1, 0.15) is 0 Å². The quantitative estimate of drug-likeness (QED) is 0.856. The van der Waals surface area contributed by atoms with Crippen molar-refractivity contribution in [2.45, 2.75) is 25.0 Å². The molecular formula is C17H25N3O2. The molecule has 1 unspecified atom stereocenters. The van der Waals surface area contributed by atoms with E-state index in [2.05, 4.69) is 10.2 Å². The van der Waals surface area contributed by atoms with Crippen molar-refractivity contribution < 1.29 is 9.90 Å². The number of nitrogens with zero attached hydrogens (tertiary/aromatic N) is 2. The molecule has 0 aliphatic carbocycles. The van der Waals surface area contributed by atoms with Gasteiger partial charge in [-0.05, 0) is 24.9 Å². The fourth-order valence-electron chi connectivity index (χ4n) is 3.29. The Hall–Kier alpha value is -1.43. The molecule has 0 spiro atoms. The van der Waals surface area contributed by atoms with Crippen LogP contribution in [0.2, 0.25) is 0 Å². The second-order valence-electron chi connectivity index (χ2n) is 6.20. The SMILES string of the molecule is O=C([C@@H]1CCCN1)N1CCN(CC(O)c2ccccc2)CC1. The maximum absolute atomic E-state index is 12.3. The molecule has 2 fully saturated rings. The first-order chi connectivity index (χ1) is 10.7. The van der Waals surface area contributed by atoms with Crippen molar-refractivity contribution in [2.75, 3.05) is 39.3 Å². The van der Waals surface area contributed by atoms with Crippen LogP contribution in [-0.4, -0.2) is 66.1 Å². The smallest absolute Gasteiger partial charge is 0.239 e. The predicted octanol–water partition coefficient (Wildman–Crippen LogP) is 0.616. The Kier molecular flexibility index (Phi) is 5.08. The second kappa shape index (κ2) is 7.22. The minimum atomic E-state index is -0.458. The molecule has 5 heteroatoms. The maximum atomic E-state index is 12.3. The number of benzene rings is 1. The third-order valence-corrected chi connectivity index (χ3v) is 4.66. The highest BCUT2D eigenvalue weighted by Gasteiger charge is 2.29. The van der Waals surface area contributed by atoms with Crippen molar-refractivity contribution >= 4 is 5.91 Å². The van der Waals surface area contributed by atoms with E-state index in [1.165, 1.54) is 0 Å². The summed E-state index contributed by atoms with van der Waals surface area (Å²) in [6, 6.07) is 9.79. The minimum Gasteiger partial charge on any atom is -0.387 e. The Labute approximate surface area is 131 Å². The van der Waals surface area contributed by atoms with Crippen LogP contribution in [0.4, 0.5) is 0 Å². The second-order valence-corrected chi connectivity index (χ2v) is 6.20. The van der Waals surface area contributed by atoms with Gasteiger partial charge in [0.05, 0.1) is 12.1 Å². The monoisotopic (exact) mass is 303 g/mol. The zero-order chi connectivity index (χ0) is 15.4. The van der Waals surface area contributed by atoms with Crippen LogP contribution in [0.5, 0.6) is 0 Å². The molecule has 2 saturated heterocycles. The summed E-state index contributed by atoms with van der Waals surface area (Å²) in [5, 5.41) is 13.6. The highest BCUT2D eigenvalue weighted by atomic mass is 16.3. The molecule has 5 nitrogen and oxygen atoms in total. The van der Waals surface area contributed by atoms with Crippen LogP contribution in [0.15, 0.2) is 30.3 Å². The van der Waals surface area contributed by atoms with E-state index >= 15 is 0 Å². The fourth-order valence-corrected chi connectivity index (χ4v) is 3.29. The van der Waals surface area contributed by atoms with Crippen molar-refractivity contribution in [3.63, 3.8) is 0 Å². The molecule has 1 aromatic rings. The molecule has 1 amide bonds. The minimum absolute atomic E-state index is 0.0291. The van der Waals surface area contributed by atoms with Gasteiger partial charge in [-0.15, -0.1) is 0 Å². The first-order valence-electron chi connectivity index (χ1n) is 8.21. The normalized spacial score (nSPS) is 24.4. The summed E-state index contributed by atoms with van der Waals surface area (Å²) in [5.41, 5.74) is 0.955. The lowest BCUT2D eigenvalue weighted by Crippen LogP contribution is -2.53. The molecule has 3 rings (SSSR count). The highest BCUT2D eigenvalue weighted by Crippen LogP contribution is 2.16. The van der Waals surface area contributed by atoms with E-state index in [4.69, 9.17) is 0 Å². The molecule has 1 aromatic carbocycles. The zero-order valence-electron chi connectivity index (χ0n) is 12.9. The Bertz CT molecular complexity index is 480. The lowest BCUT2D eigenvalue weighted by molar-refractivity contribution is -0.135. The molecular weight excluding hydrogens is 278 g/mol. The van der Waals surface area contributed by atoms with Crippen molar-refractivity contribution in [1.29, 1.82) is 0 Å². The summed E-state index contributed by atoms with van der Waals surface area (Å²) in [6.45, 7) is 4.79. The summed E-state index contributed by atoms with van der Waals surface area (Å²) in [4.78, 5) is 16.6. The number of aliphatic hydroxyl groups is 1. The molecule has 2 aliphatic rings. The van der Waals surface area contributed by atoms with Gasteiger partial charge in [0.25, 0.3) is 0 Å². The molecule has 0 radical (unpaired) electrons. The van der Waals surface area contributed by atoms with E-state index in [-0.39, 0.29) is 11.9 Å². The standard InChI is InChI=1S/C17H25N3O2/c21-16(14-5-2-1-3-6-14)13-19-9-11-20(12-10-19)17(22)15-7-4-8-18-15/h1-3,5-6,15-16,18,21H,4,7-13H2/t15-,16?/m0/s1. The summed E-state index contributed by atoms with van der Waals surface area (Å²) in [6.07, 6.45) is 1.60. The number of piperazine rings is 1. The van der Waals surface area contributed by atoms with Gasteiger partial charge in [-0.25, -0.2) is 0 Å². The van der Waals surface area contributed by atoms with Crippen LogP contribution in [0.1, 0.15) is 24.5 Å². The van der Waals surface area contributed by atoms with E-state index in [0.717, 1.165) is 51.1 Å². The van der Waals surface area contributed by atoms with Gasteiger partial charge in [-0.2, -0.15) is 0 Å². The van der Waals surface area contributed by atoms with Crippen molar-refractivity contribution in [3.8, 4) is 0 Å². The fraction of sp³-hybridized carbons (Fsp3) is 0.588. The summed E-state index contributed by atoms with van der Waals surface area (Å²) < 4.78 is 0. The number of hydrogen-bond donors (Lipinski definition) is 2. The van der Waals surface area contributed by atoms with Crippen LogP contribution >= 0.6 is 0 Å². The van der Waals surface area contributed by atoms with Crippen molar-refractivity contribution in [1.82, 2.24) is 15.1 Å². The van der Waals surface area contributed by atoms with Gasteiger partial charge in [-0.1, -0.05) is 30.3 Å². The third-order valence-electron chi connectivity index (χ3n) is 4.66. The lowest BCUT2D eigenvalue weighted by Gasteiger charge is -2.36. The summed E-state index contributed by atoms with van der Waals surface area (Å²) in [5.74, 6) is 0.251. The number of carbonyl (C=O) groups excluding carboxylic acids is 1. The van der Waals surface area contributed by atoms with Crippen molar-refractivity contribution in [3.05, 3.63) is 35.9 Å². The summed E-state index contributed by atoms with van der Waals surface area (Å²) in [7, 11) is 0. The van der Waals surface area contributed by atoms with E-state index in [1.54, 1.807) is 0 Å². The first kappa shape index (κ1) is 15.5. The van der Waals surface area contributed by atoms with Crippen LogP contribution in [-0.2, 0) is 4.79 Å². The Morgan fingerprint density at radius 2 is 1.95 bits per heavy atom. The number of amides is 1. The molecule has 2 atom stereocenters. The van der Waals surface area contributed by atoms with Gasteiger partial charge >= 0.3 is 0 Å². The number of carbonyl (C=O) groups is 1. The third kappa shape index (κ3) is 3.66. The van der Waals surface area contributed by atoms with Crippen LogP contribution in [0.3, 0.4) is 0 Å². The molecule has 0 aromatic heterocycles. The number of rotatable bonds is 4. The van der Waals surface area contributed by atoms with Crippen molar-refractivity contribution in [2.24, 2.45) is 0 Å². The number of hydrogen-bond acceptors (Lipinski definition) is 4. The molecule has 22 heavy (non-hydrogen) atoms. The molecule has 2 N–H and O–H groups in total. The van der Waals surface area contributed by atoms with E-state index < -0.39 is 6.10 Å². The molecule has 2 heterocycles. The predicted molar refractivity (Wildman–Crippen MR) is 85.4 cm³/mol. The lowest BCUT2D eigenvalue weighted by atomic mass is 10.1. The van der Waals surface area contributed by atoms with Gasteiger partial charge in [0.2, 0.25) is 5.91 Å². The average molecular weight is 303 g/mol. The highest BCUT2D eigenvalue weighted by molar-refractivity contribution is 5.82. The van der Waals surface area contributed by atoms with E-state index in [9.17, 15) is 9.90 Å². The van der Waals surface area contributed by atoms with Crippen LogP contribution in [0.25, 0.3) is 0 Å². The van der Waals surface area contributed by atoms with E-state index in [0.29, 0.717) is 6.54 Å². The van der Waals surface area contributed by atoms with Crippen LogP contribution < -0.4 is 5.32 Å². The van der Waals surface area contributed by atoms with Gasteiger partial charge < -0.3 is 15.3 Å². The first-order valence-corrected chi connectivity index (χ1v) is 8.21. The van der Waals surface area contributed by atoms with E-state index in [1.807, 2.05) is 35.2 Å². The van der Waals surface area contributed by atoms with Crippen LogP contribution in [0, 0.1) is 0 Å². The topological polar surface area (TPSA) is 55.8 Å². The zero-order valence-corrected chi connectivity index (χ0v) is 12.9. The molecule has 120 valence electrons. The largest absolute Gasteiger partial charge is 0.387 e. The number of aliphatic hydroxyl groups excluding tert-OH is 1.